The van der Waals surface area contributed by atoms with Crippen LogP contribution in [0.25, 0.3) is 0 Å². The van der Waals surface area contributed by atoms with E-state index < -0.39 is 245 Å². The van der Waals surface area contributed by atoms with Crippen LogP contribution in [0.1, 0.15) is 70.6 Å². The summed E-state index contributed by atoms with van der Waals surface area (Å²) in [5, 5.41) is 140. The molecule has 0 radical (unpaired) electrons. The van der Waals surface area contributed by atoms with Crippen molar-refractivity contribution < 1.29 is 173 Å². The number of aliphatic carboxylic acids is 5. The first kappa shape index (κ1) is 121. The van der Waals surface area contributed by atoms with Crippen LogP contribution in [0.5, 0.6) is 0 Å². The van der Waals surface area contributed by atoms with Crippen LogP contribution in [0, 0.1) is 29.6 Å². The highest BCUT2D eigenvalue weighted by molar-refractivity contribution is 7.90. The molecule has 53 nitrogen and oxygen atoms in total. The number of hydrogen-bond acceptors (Lipinski definition) is 38. The second-order valence-corrected chi connectivity index (χ2v) is 42.2. The van der Waals surface area contributed by atoms with Crippen molar-refractivity contribution in [2.75, 3.05) is 175 Å². The Bertz CT molecular complexity index is 4340. The summed E-state index contributed by atoms with van der Waals surface area (Å²) in [5.74, 6) is -10.6. The van der Waals surface area contributed by atoms with Gasteiger partial charge in [-0.15, -0.1) is 0 Å². The van der Waals surface area contributed by atoms with Crippen molar-refractivity contribution in [3.05, 3.63) is 12.5 Å². The minimum atomic E-state index is -4.80. The van der Waals surface area contributed by atoms with Gasteiger partial charge >= 0.3 is 87.8 Å². The molecular weight excluding hydrogens is 1890 g/mol. The molecule has 69 heteroatoms. The summed E-state index contributed by atoms with van der Waals surface area (Å²) in [7, 11) is -28.9. The molecule has 11 atom stereocenters. The molecule has 36 N–H and O–H groups in total. The lowest BCUT2D eigenvalue weighted by atomic mass is 9.78. The summed E-state index contributed by atoms with van der Waals surface area (Å²) in [5.41, 5.74) is 47.6. The van der Waals surface area contributed by atoms with E-state index in [2.05, 4.69) is 10.3 Å². The minimum absolute atomic E-state index is 0.0000343. The molecule has 0 spiro atoms. The van der Waals surface area contributed by atoms with Gasteiger partial charge in [-0.05, 0) is 76.7 Å². The van der Waals surface area contributed by atoms with Crippen LogP contribution in [-0.4, -0.2) is 444 Å². The number of oxazole rings is 1. The first-order chi connectivity index (χ1) is 61.0. The van der Waals surface area contributed by atoms with E-state index in [0.717, 1.165) is 25.8 Å². The van der Waals surface area contributed by atoms with E-state index in [1.807, 2.05) is 0 Å². The molecule has 6 aliphatic heterocycles. The molecule has 1 aromatic heterocycles. The molecule has 7 heterocycles. The van der Waals surface area contributed by atoms with Gasteiger partial charge in [-0.2, -0.15) is 94.0 Å². The maximum atomic E-state index is 13.2. The second-order valence-electron chi connectivity index (χ2n) is 32.6. The van der Waals surface area contributed by atoms with Crippen LogP contribution >= 0.6 is 0 Å². The van der Waals surface area contributed by atoms with Gasteiger partial charge in [0.2, 0.25) is 0 Å². The maximum absolute atomic E-state index is 13.2. The zero-order valence-corrected chi connectivity index (χ0v) is 76.6. The highest BCUT2D eigenvalue weighted by Crippen LogP contribution is 2.40. The standard InChI is InChI=1S/C14H30BN5O6S.C13H24BN5O7S.C12H24BF3N4O6S.C12H25BF2N4O6S.C12H26BFN4O6S/c16-5-7-20(12-3-6-18-8-12)27(25,26)19-9-11(2-1-4-15(23)24)14(17,10-19)13(21)22;15-4-6-19(12-17-5-7-26-12)27(24,25)18-8-10(2-1-3-14(22)23)13(16,9-18)11(20)21;14-12(15,16)8-19(5-4-17)27(25,26)20-6-9(2-1-3-13(23)24)11(18,7-20)10(21)22;14-10(15)7-18(5-4-16)26(24,25)19-6-9(2-1-3-13(22)23)12(17,8-19)11(20)21;14-4-6-17(7-5-15)25(23,24)18-8-10(2-1-3-13(21)22)12(16,9-18)11(19)20/h11-12,18,23-24H,1-10,16-17H2,(H,21,22);5,7,10,22-23H,1-4,6,8-9,15-16H2,(H,20,21);9,23-24H,1-8,17-18H2,(H,21,22);9-10,22-23H,1-8,16-17H2,(H,20,21);10,21-22H,1-9,15-16H2,(H,19,20)/t11-,12?,14-;10-,13-;9-,11-;9-,12-;10-,12-/m00000/s1. The van der Waals surface area contributed by atoms with E-state index in [0.29, 0.717) is 34.5 Å². The Labute approximate surface area is 763 Å². The van der Waals surface area contributed by atoms with E-state index in [4.69, 9.17) is 112 Å². The van der Waals surface area contributed by atoms with Gasteiger partial charge in [-0.1, -0.05) is 32.1 Å². The van der Waals surface area contributed by atoms with Gasteiger partial charge in [0.05, 0.1) is 19.3 Å². The number of carboxylic acid groups (broad SMARTS) is 5. The molecular formula is C63H129B5F6N22O31S5. The zero-order valence-electron chi connectivity index (χ0n) is 72.5. The third-order valence-electron chi connectivity index (χ3n) is 23.1. The first-order valence-corrected chi connectivity index (χ1v) is 48.8. The Kier molecular flexibility index (Phi) is 48.8. The molecule has 0 saturated carbocycles. The number of anilines is 1. The van der Waals surface area contributed by atoms with Gasteiger partial charge < -0.3 is 143 Å². The summed E-state index contributed by atoms with van der Waals surface area (Å²) in [6, 6.07) is -0.399. The molecule has 1 unspecified atom stereocenters. The number of rotatable bonds is 52. The van der Waals surface area contributed by atoms with Gasteiger partial charge in [-0.25, -0.2) is 22.5 Å². The third kappa shape index (κ3) is 33.5. The van der Waals surface area contributed by atoms with E-state index in [1.54, 1.807) is 0 Å². The lowest BCUT2D eigenvalue weighted by Crippen LogP contribution is -2.56. The fourth-order valence-electron chi connectivity index (χ4n) is 15.9. The normalized spacial score (nSPS) is 25.4. The summed E-state index contributed by atoms with van der Waals surface area (Å²) in [6.45, 7) is -7.60. The molecule has 0 bridgehead atoms. The van der Waals surface area contributed by atoms with E-state index >= 15 is 0 Å². The number of alkyl halides is 6. The van der Waals surface area contributed by atoms with Crippen LogP contribution in [0.15, 0.2) is 16.9 Å². The molecule has 6 aliphatic rings. The topological polar surface area (TPSA) is 890 Å². The van der Waals surface area contributed by atoms with Crippen LogP contribution in [-0.2, 0) is 75.0 Å². The van der Waals surface area contributed by atoms with Crippen molar-refractivity contribution in [3.63, 3.8) is 0 Å². The molecule has 1 aromatic rings. The molecule has 764 valence electrons. The van der Waals surface area contributed by atoms with Crippen molar-refractivity contribution in [1.29, 1.82) is 0 Å². The molecule has 7 rings (SSSR count). The quantitative estimate of drug-likeness (QED) is 0.0213. The van der Waals surface area contributed by atoms with Gasteiger partial charge in [-0.3, -0.25) is 24.0 Å². The Hall–Kier alpha value is -5.19. The van der Waals surface area contributed by atoms with Crippen LogP contribution in [0.4, 0.5) is 32.4 Å². The Morgan fingerprint density at radius 1 is 0.455 bits per heavy atom. The number of carboxylic acids is 5. The van der Waals surface area contributed by atoms with Crippen LogP contribution < -0.4 is 67.0 Å². The van der Waals surface area contributed by atoms with E-state index in [9.17, 15) is 118 Å². The number of aromatic nitrogens is 1. The SMILES string of the molecule is NCCN(C1CCNC1)S(=O)(=O)N1C[C@H](CCCB(O)O)[C@](N)(C(=O)O)C1.NCCN(CC(F)(F)F)S(=O)(=O)N1C[C@H](CCCB(O)O)[C@](N)(C(=O)O)C1.NCCN(CC(F)F)S(=O)(=O)N1C[C@H](CCCB(O)O)[C@](N)(C(=O)O)C1.NCCN(CCF)S(=O)(=O)N1C[C@H](CCCB(O)O)[C@](N)(C(=O)O)C1.NCCN(c1ncco1)S(=O)(=O)N1C[C@H](CCCB(O)O)[C@](N)(C(=O)O)C1. The number of nitrogens with zero attached hydrogens (tertiary/aromatic N) is 11. The van der Waals surface area contributed by atoms with Crippen molar-refractivity contribution in [1.82, 2.24) is 49.0 Å². The van der Waals surface area contributed by atoms with Gasteiger partial charge in [0, 0.05) is 173 Å². The third-order valence-corrected chi connectivity index (χ3v) is 32.7. The molecule has 0 aliphatic carbocycles. The molecule has 0 amide bonds. The summed E-state index contributed by atoms with van der Waals surface area (Å²) in [4.78, 5) is 62.0. The number of nitrogens with two attached hydrogens (primary N) is 10. The molecule has 132 heavy (non-hydrogen) atoms. The van der Waals surface area contributed by atoms with E-state index in [-0.39, 0.29) is 204 Å². The monoisotopic (exact) mass is 2020 g/mol. The predicted octanol–water partition coefficient (Wildman–Crippen LogP) is -12.4. The van der Waals surface area contributed by atoms with Gasteiger partial charge in [0.1, 0.15) is 47.2 Å². The zero-order chi connectivity index (χ0) is 101. The maximum Gasteiger partial charge on any atom is 0.451 e. The Balaban J connectivity index is 0.000000425. The fraction of sp³-hybridized carbons (Fsp3) is 0.873. The summed E-state index contributed by atoms with van der Waals surface area (Å²) >= 11 is 0. The number of nitrogens with one attached hydrogen (secondary N) is 1. The van der Waals surface area contributed by atoms with Gasteiger partial charge in [0.25, 0.3) is 47.3 Å². The number of hydrogen-bond donors (Lipinski definition) is 26. The largest absolute Gasteiger partial charge is 0.480 e. The number of halogens is 6. The Morgan fingerprint density at radius 2 is 0.742 bits per heavy atom. The van der Waals surface area contributed by atoms with Crippen molar-refractivity contribution in [3.8, 4) is 0 Å². The summed E-state index contributed by atoms with van der Waals surface area (Å²) < 4.78 is 218. The molecule has 6 fully saturated rings. The lowest BCUT2D eigenvalue weighted by molar-refractivity contribution is -0.145. The van der Waals surface area contributed by atoms with Gasteiger partial charge in [0.15, 0.2) is 0 Å². The van der Waals surface area contributed by atoms with Crippen LogP contribution in [0.2, 0.25) is 31.6 Å². The average Bonchev–Trinajstić information content (AvgIpc) is 1.63. The van der Waals surface area contributed by atoms with Crippen LogP contribution in [0.3, 0.4) is 0 Å². The molecule has 6 saturated heterocycles. The summed E-state index contributed by atoms with van der Waals surface area (Å²) in [6.07, 6.45) is -2.33. The van der Waals surface area contributed by atoms with E-state index in [1.165, 1.54) is 16.8 Å². The first-order valence-electron chi connectivity index (χ1n) is 41.8. The predicted molar refractivity (Wildman–Crippen MR) is 464 cm³/mol. The highest BCUT2D eigenvalue weighted by atomic mass is 32.2. The molecule has 0 aromatic carbocycles. The fourth-order valence-corrected chi connectivity index (χ4v) is 24.6. The lowest BCUT2D eigenvalue weighted by Gasteiger charge is -2.31. The Morgan fingerprint density at radius 3 is 1.00 bits per heavy atom. The highest BCUT2D eigenvalue weighted by Gasteiger charge is 2.59. The van der Waals surface area contributed by atoms with Crippen molar-refractivity contribution in [2.24, 2.45) is 86.9 Å². The number of carbonyl (C=O) groups is 5. The average molecular weight is 2020 g/mol. The van der Waals surface area contributed by atoms with Crippen molar-refractivity contribution >= 4 is 122 Å². The smallest absolute Gasteiger partial charge is 0.451 e. The minimum Gasteiger partial charge on any atom is -0.480 e. The second kappa shape index (κ2) is 53.3. The van der Waals surface area contributed by atoms with Crippen molar-refractivity contribution in [2.45, 2.75) is 149 Å².